The number of aromatic nitrogens is 2. The zero-order valence-corrected chi connectivity index (χ0v) is 12.0. The molecule has 4 nitrogen and oxygen atoms in total. The maximum Gasteiger partial charge on any atom is 0.327 e. The van der Waals surface area contributed by atoms with Crippen LogP contribution in [0.2, 0.25) is 0 Å². The minimum absolute atomic E-state index is 0.119. The van der Waals surface area contributed by atoms with Crippen LogP contribution in [-0.2, 0) is 16.1 Å². The molecule has 1 heterocycles. The summed E-state index contributed by atoms with van der Waals surface area (Å²) in [6.07, 6.45) is 5.96. The summed E-state index contributed by atoms with van der Waals surface area (Å²) >= 11 is 0. The van der Waals surface area contributed by atoms with Gasteiger partial charge in [-0.1, -0.05) is 36.4 Å². The van der Waals surface area contributed by atoms with Crippen molar-refractivity contribution in [2.45, 2.75) is 20.4 Å². The fraction of sp³-hybridized carbons (Fsp3) is 0.250. The molecule has 0 saturated heterocycles. The Morgan fingerprint density at radius 1 is 1.40 bits per heavy atom. The Balaban J connectivity index is 2.53. The largest absolute Gasteiger partial charge is 0.468 e. The Bertz CT molecular complexity index is 681. The number of nitrogens with zero attached hydrogens (tertiary/aromatic N) is 2. The summed E-state index contributed by atoms with van der Waals surface area (Å²) < 4.78 is 6.40. The van der Waals surface area contributed by atoms with Gasteiger partial charge in [-0.3, -0.25) is 9.48 Å². The van der Waals surface area contributed by atoms with Crippen molar-refractivity contribution < 1.29 is 9.53 Å². The summed E-state index contributed by atoms with van der Waals surface area (Å²) in [5.41, 5.74) is 2.88. The number of para-hydroxylation sites is 1. The van der Waals surface area contributed by atoms with Crippen LogP contribution in [0, 0.1) is 0 Å². The first-order valence-corrected chi connectivity index (χ1v) is 6.49. The minimum atomic E-state index is -0.306. The molecule has 1 aromatic heterocycles. The standard InChI is InChI=1S/C16H18N2O2/c1-4-5-8-12(2)16-13-9-6-7-10-14(13)18(17-16)11-15(19)20-3/h4-10H,11H2,1-3H3/b5-4-,12-8+. The monoisotopic (exact) mass is 270 g/mol. The summed E-state index contributed by atoms with van der Waals surface area (Å²) in [6, 6.07) is 7.88. The van der Waals surface area contributed by atoms with Crippen molar-refractivity contribution in [3.8, 4) is 0 Å². The predicted molar refractivity (Wildman–Crippen MR) is 80.2 cm³/mol. The van der Waals surface area contributed by atoms with Gasteiger partial charge >= 0.3 is 5.97 Å². The molecule has 0 saturated carbocycles. The van der Waals surface area contributed by atoms with Crippen LogP contribution >= 0.6 is 0 Å². The van der Waals surface area contributed by atoms with E-state index in [0.717, 1.165) is 22.2 Å². The second-order valence-corrected chi connectivity index (χ2v) is 4.48. The molecular weight excluding hydrogens is 252 g/mol. The maximum absolute atomic E-state index is 11.5. The van der Waals surface area contributed by atoms with E-state index < -0.39 is 0 Å². The van der Waals surface area contributed by atoms with E-state index in [9.17, 15) is 4.79 Å². The average molecular weight is 270 g/mol. The van der Waals surface area contributed by atoms with E-state index in [2.05, 4.69) is 5.10 Å². The number of hydrogen-bond acceptors (Lipinski definition) is 3. The van der Waals surface area contributed by atoms with Gasteiger partial charge < -0.3 is 4.74 Å². The maximum atomic E-state index is 11.5. The lowest BCUT2D eigenvalue weighted by atomic mass is 10.1. The summed E-state index contributed by atoms with van der Waals surface area (Å²) in [5.74, 6) is -0.306. The molecule has 2 aromatic rings. The minimum Gasteiger partial charge on any atom is -0.468 e. The van der Waals surface area contributed by atoms with E-state index in [1.165, 1.54) is 7.11 Å². The number of rotatable bonds is 4. The molecule has 0 unspecified atom stereocenters. The third kappa shape index (κ3) is 2.79. The van der Waals surface area contributed by atoms with Crippen LogP contribution in [0.25, 0.3) is 16.5 Å². The normalized spacial score (nSPS) is 12.2. The molecule has 0 fully saturated rings. The lowest BCUT2D eigenvalue weighted by Crippen LogP contribution is -2.12. The lowest BCUT2D eigenvalue weighted by Gasteiger charge is -2.00. The van der Waals surface area contributed by atoms with E-state index >= 15 is 0 Å². The number of esters is 1. The predicted octanol–water partition coefficient (Wildman–Crippen LogP) is 3.19. The Kier molecular flexibility index (Phi) is 4.35. The van der Waals surface area contributed by atoms with Gasteiger partial charge in [0.05, 0.1) is 18.3 Å². The second kappa shape index (κ2) is 6.19. The molecule has 4 heteroatoms. The quantitative estimate of drug-likeness (QED) is 0.633. The van der Waals surface area contributed by atoms with Gasteiger partial charge in [-0.25, -0.2) is 0 Å². The molecule has 0 spiro atoms. The molecule has 104 valence electrons. The molecule has 1 aromatic carbocycles. The summed E-state index contributed by atoms with van der Waals surface area (Å²) in [4.78, 5) is 11.5. The van der Waals surface area contributed by atoms with Gasteiger partial charge in [0.25, 0.3) is 0 Å². The van der Waals surface area contributed by atoms with Crippen LogP contribution in [0.15, 0.2) is 42.5 Å². The molecule has 20 heavy (non-hydrogen) atoms. The number of allylic oxidation sites excluding steroid dienone is 4. The van der Waals surface area contributed by atoms with Crippen LogP contribution in [0.5, 0.6) is 0 Å². The molecule has 0 radical (unpaired) electrons. The highest BCUT2D eigenvalue weighted by molar-refractivity contribution is 5.91. The molecular formula is C16H18N2O2. The molecule has 0 aliphatic heterocycles. The average Bonchev–Trinajstić information content (AvgIpc) is 2.83. The topological polar surface area (TPSA) is 44.1 Å². The Labute approximate surface area is 118 Å². The molecule has 0 amide bonds. The van der Waals surface area contributed by atoms with Gasteiger partial charge in [0, 0.05) is 5.39 Å². The van der Waals surface area contributed by atoms with Crippen LogP contribution in [0.1, 0.15) is 19.5 Å². The van der Waals surface area contributed by atoms with Crippen LogP contribution in [0.3, 0.4) is 0 Å². The van der Waals surface area contributed by atoms with Crippen LogP contribution in [-0.4, -0.2) is 22.9 Å². The Morgan fingerprint density at radius 2 is 2.15 bits per heavy atom. The lowest BCUT2D eigenvalue weighted by molar-refractivity contribution is -0.141. The number of hydrogen-bond donors (Lipinski definition) is 0. The molecule has 2 rings (SSSR count). The Hall–Kier alpha value is -2.36. The van der Waals surface area contributed by atoms with Gasteiger partial charge in [0.15, 0.2) is 0 Å². The van der Waals surface area contributed by atoms with E-state index in [1.54, 1.807) is 4.68 Å². The fourth-order valence-electron chi connectivity index (χ4n) is 2.05. The van der Waals surface area contributed by atoms with Gasteiger partial charge in [0.1, 0.15) is 6.54 Å². The van der Waals surface area contributed by atoms with Crippen molar-refractivity contribution in [3.05, 3.63) is 48.2 Å². The van der Waals surface area contributed by atoms with Crippen LogP contribution in [0.4, 0.5) is 0 Å². The van der Waals surface area contributed by atoms with Crippen LogP contribution < -0.4 is 0 Å². The number of carbonyl (C=O) groups is 1. The van der Waals surface area contributed by atoms with Crippen molar-refractivity contribution in [2.24, 2.45) is 0 Å². The molecule has 0 aliphatic rings. The zero-order chi connectivity index (χ0) is 14.5. The van der Waals surface area contributed by atoms with Gasteiger partial charge in [0.2, 0.25) is 0 Å². The number of ether oxygens (including phenoxy) is 1. The highest BCUT2D eigenvalue weighted by atomic mass is 16.5. The summed E-state index contributed by atoms with van der Waals surface area (Å²) in [5, 5.41) is 5.58. The third-order valence-electron chi connectivity index (χ3n) is 3.08. The summed E-state index contributed by atoms with van der Waals surface area (Å²) in [7, 11) is 1.38. The van der Waals surface area contributed by atoms with E-state index in [4.69, 9.17) is 4.74 Å². The molecule has 0 N–H and O–H groups in total. The van der Waals surface area contributed by atoms with Crippen molar-refractivity contribution in [1.82, 2.24) is 9.78 Å². The molecule has 0 bridgehead atoms. The van der Waals surface area contributed by atoms with Crippen molar-refractivity contribution in [2.75, 3.05) is 7.11 Å². The number of fused-ring (bicyclic) bond motifs is 1. The molecule has 0 aliphatic carbocycles. The highest BCUT2D eigenvalue weighted by Crippen LogP contribution is 2.24. The van der Waals surface area contributed by atoms with Gasteiger partial charge in [-0.15, -0.1) is 0 Å². The highest BCUT2D eigenvalue weighted by Gasteiger charge is 2.13. The van der Waals surface area contributed by atoms with Crippen molar-refractivity contribution in [1.29, 1.82) is 0 Å². The second-order valence-electron chi connectivity index (χ2n) is 4.48. The molecule has 0 atom stereocenters. The number of benzene rings is 1. The number of carbonyl (C=O) groups excluding carboxylic acids is 1. The smallest absolute Gasteiger partial charge is 0.327 e. The van der Waals surface area contributed by atoms with E-state index in [1.807, 2.05) is 56.3 Å². The van der Waals surface area contributed by atoms with Gasteiger partial charge in [-0.2, -0.15) is 5.10 Å². The third-order valence-corrected chi connectivity index (χ3v) is 3.08. The Morgan fingerprint density at radius 3 is 2.85 bits per heavy atom. The number of methoxy groups -OCH3 is 1. The van der Waals surface area contributed by atoms with E-state index in [-0.39, 0.29) is 12.5 Å². The summed E-state index contributed by atoms with van der Waals surface area (Å²) in [6.45, 7) is 4.10. The van der Waals surface area contributed by atoms with Crippen molar-refractivity contribution >= 4 is 22.4 Å². The first-order valence-electron chi connectivity index (χ1n) is 6.49. The van der Waals surface area contributed by atoms with Gasteiger partial charge in [-0.05, 0) is 25.5 Å². The first kappa shape index (κ1) is 14.1. The fourth-order valence-corrected chi connectivity index (χ4v) is 2.05. The SMILES string of the molecule is C/C=C\C=C(/C)c1nn(CC(=O)OC)c2ccccc12. The zero-order valence-electron chi connectivity index (χ0n) is 12.0. The van der Waals surface area contributed by atoms with Crippen molar-refractivity contribution in [3.63, 3.8) is 0 Å². The first-order chi connectivity index (χ1) is 9.67. The van der Waals surface area contributed by atoms with E-state index in [0.29, 0.717) is 0 Å².